The predicted octanol–water partition coefficient (Wildman–Crippen LogP) is 3.49. The molecule has 4 rings (SSSR count). The van der Waals surface area contributed by atoms with Crippen molar-refractivity contribution in [2.45, 2.75) is 6.54 Å². The Morgan fingerprint density at radius 3 is 2.53 bits per heavy atom. The van der Waals surface area contributed by atoms with Crippen LogP contribution in [0.1, 0.15) is 16.2 Å². The van der Waals surface area contributed by atoms with E-state index < -0.39 is 11.7 Å². The van der Waals surface area contributed by atoms with E-state index in [0.717, 1.165) is 0 Å². The largest absolute Gasteiger partial charge is 0.491 e. The van der Waals surface area contributed by atoms with Crippen LogP contribution in [0.2, 0.25) is 0 Å². The third-order valence-corrected chi connectivity index (χ3v) is 4.72. The second-order valence-electron chi connectivity index (χ2n) is 7.13. The van der Waals surface area contributed by atoms with Crippen molar-refractivity contribution in [3.05, 3.63) is 77.9 Å². The SMILES string of the molecule is COCCOc1ccc(Oc2cccc(CNC(=O)c3nc(N)nc4c(F)cccc34)n2)cc1. The first-order chi connectivity index (χ1) is 16.5. The Kier molecular flexibility index (Phi) is 7.09. The Morgan fingerprint density at radius 2 is 1.74 bits per heavy atom. The van der Waals surface area contributed by atoms with Gasteiger partial charge in [0.25, 0.3) is 5.91 Å². The molecule has 0 unspecified atom stereocenters. The number of amides is 1. The number of rotatable bonds is 9. The van der Waals surface area contributed by atoms with Gasteiger partial charge in [0.15, 0.2) is 0 Å². The van der Waals surface area contributed by atoms with Crippen LogP contribution in [0.15, 0.2) is 60.7 Å². The lowest BCUT2D eigenvalue weighted by molar-refractivity contribution is 0.0947. The first kappa shape index (κ1) is 22.9. The number of benzene rings is 2. The standard InChI is InChI=1S/C24H22FN5O4/c1-32-12-13-33-16-8-10-17(11-9-16)34-20-7-2-4-15(28-20)14-27-23(31)22-18-5-3-6-19(25)21(18)29-24(26)30-22/h2-11H,12-14H2,1H3,(H,27,31)(H2,26,29,30). The molecule has 0 saturated heterocycles. The molecule has 0 aliphatic heterocycles. The number of nitrogens with zero attached hydrogens (tertiary/aromatic N) is 3. The number of nitrogens with one attached hydrogen (secondary N) is 1. The van der Waals surface area contributed by atoms with E-state index in [9.17, 15) is 9.18 Å². The molecule has 4 aromatic rings. The molecule has 9 nitrogen and oxygen atoms in total. The number of halogens is 1. The van der Waals surface area contributed by atoms with Crippen LogP contribution in [0.5, 0.6) is 17.4 Å². The van der Waals surface area contributed by atoms with Gasteiger partial charge in [-0.2, -0.15) is 0 Å². The zero-order chi connectivity index (χ0) is 23.9. The fourth-order valence-corrected chi connectivity index (χ4v) is 3.14. The summed E-state index contributed by atoms with van der Waals surface area (Å²) in [5, 5.41) is 2.99. The molecular formula is C24H22FN5O4. The van der Waals surface area contributed by atoms with Crippen molar-refractivity contribution in [3.63, 3.8) is 0 Å². The number of anilines is 1. The first-order valence-electron chi connectivity index (χ1n) is 10.4. The number of ether oxygens (including phenoxy) is 3. The number of methoxy groups -OCH3 is 1. The summed E-state index contributed by atoms with van der Waals surface area (Å²) in [6, 6.07) is 16.6. The molecule has 2 heterocycles. The third kappa shape index (κ3) is 5.54. The summed E-state index contributed by atoms with van der Waals surface area (Å²) >= 11 is 0. The molecule has 0 fully saturated rings. The van der Waals surface area contributed by atoms with E-state index in [0.29, 0.717) is 36.3 Å². The van der Waals surface area contributed by atoms with E-state index in [1.807, 2.05) is 0 Å². The van der Waals surface area contributed by atoms with Gasteiger partial charge in [-0.15, -0.1) is 0 Å². The quantitative estimate of drug-likeness (QED) is 0.362. The van der Waals surface area contributed by atoms with Crippen LogP contribution >= 0.6 is 0 Å². The zero-order valence-electron chi connectivity index (χ0n) is 18.3. The Hall–Kier alpha value is -4.31. The molecule has 0 spiro atoms. The molecule has 0 bridgehead atoms. The lowest BCUT2D eigenvalue weighted by atomic mass is 10.1. The molecule has 0 aliphatic carbocycles. The molecule has 10 heteroatoms. The van der Waals surface area contributed by atoms with Gasteiger partial charge in [-0.05, 0) is 36.4 Å². The molecule has 2 aromatic heterocycles. The number of nitrogens with two attached hydrogens (primary N) is 1. The summed E-state index contributed by atoms with van der Waals surface area (Å²) < 4.78 is 30.3. The predicted molar refractivity (Wildman–Crippen MR) is 123 cm³/mol. The number of nitrogen functional groups attached to an aromatic ring is 1. The lowest BCUT2D eigenvalue weighted by Crippen LogP contribution is -2.25. The Balaban J connectivity index is 1.41. The molecule has 2 aromatic carbocycles. The first-order valence-corrected chi connectivity index (χ1v) is 10.4. The van der Waals surface area contributed by atoms with E-state index in [2.05, 4.69) is 20.3 Å². The van der Waals surface area contributed by atoms with Crippen LogP contribution in [-0.4, -0.2) is 41.2 Å². The molecule has 1 amide bonds. The minimum Gasteiger partial charge on any atom is -0.491 e. The number of carbonyl (C=O) groups excluding carboxylic acids is 1. The summed E-state index contributed by atoms with van der Waals surface area (Å²) in [6.45, 7) is 1.06. The summed E-state index contributed by atoms with van der Waals surface area (Å²) in [6.07, 6.45) is 0. The number of para-hydroxylation sites is 1. The number of carbonyl (C=O) groups is 1. The van der Waals surface area contributed by atoms with Crippen molar-refractivity contribution in [2.75, 3.05) is 26.1 Å². The minimum atomic E-state index is -0.582. The fraction of sp³-hybridized carbons (Fsp3) is 0.167. The minimum absolute atomic E-state index is 0.0104. The van der Waals surface area contributed by atoms with Crippen molar-refractivity contribution < 1.29 is 23.4 Å². The highest BCUT2D eigenvalue weighted by molar-refractivity contribution is 6.04. The Labute approximate surface area is 194 Å². The van der Waals surface area contributed by atoms with Gasteiger partial charge >= 0.3 is 0 Å². The summed E-state index contributed by atoms with van der Waals surface area (Å²) in [5.41, 5.74) is 6.20. The van der Waals surface area contributed by atoms with E-state index >= 15 is 0 Å². The van der Waals surface area contributed by atoms with Gasteiger partial charge in [0.2, 0.25) is 11.8 Å². The van der Waals surface area contributed by atoms with E-state index in [4.69, 9.17) is 19.9 Å². The highest BCUT2D eigenvalue weighted by Crippen LogP contribution is 2.23. The van der Waals surface area contributed by atoms with Crippen LogP contribution in [0, 0.1) is 5.82 Å². The highest BCUT2D eigenvalue weighted by atomic mass is 19.1. The van der Waals surface area contributed by atoms with Gasteiger partial charge in [-0.3, -0.25) is 4.79 Å². The topological polar surface area (TPSA) is 121 Å². The summed E-state index contributed by atoms with van der Waals surface area (Å²) in [4.78, 5) is 25.0. The van der Waals surface area contributed by atoms with Gasteiger partial charge in [0.1, 0.15) is 35.1 Å². The van der Waals surface area contributed by atoms with Gasteiger partial charge in [0.05, 0.1) is 18.8 Å². The maximum Gasteiger partial charge on any atom is 0.271 e. The molecule has 0 radical (unpaired) electrons. The smallest absolute Gasteiger partial charge is 0.271 e. The van der Waals surface area contributed by atoms with Gasteiger partial charge in [0, 0.05) is 18.6 Å². The number of fused-ring (bicyclic) bond motifs is 1. The maximum atomic E-state index is 14.1. The number of hydrogen-bond acceptors (Lipinski definition) is 8. The highest BCUT2D eigenvalue weighted by Gasteiger charge is 2.16. The van der Waals surface area contributed by atoms with Crippen molar-refractivity contribution in [3.8, 4) is 17.4 Å². The molecule has 34 heavy (non-hydrogen) atoms. The molecule has 0 atom stereocenters. The molecule has 174 valence electrons. The van der Waals surface area contributed by atoms with Crippen molar-refractivity contribution in [1.29, 1.82) is 0 Å². The lowest BCUT2D eigenvalue weighted by Gasteiger charge is -2.10. The van der Waals surface area contributed by atoms with Gasteiger partial charge in [-0.25, -0.2) is 19.3 Å². The molecule has 3 N–H and O–H groups in total. The monoisotopic (exact) mass is 463 g/mol. The van der Waals surface area contributed by atoms with Gasteiger partial charge < -0.3 is 25.3 Å². The second kappa shape index (κ2) is 10.5. The van der Waals surface area contributed by atoms with Crippen LogP contribution < -0.4 is 20.5 Å². The average Bonchev–Trinajstić information content (AvgIpc) is 2.84. The maximum absolute atomic E-state index is 14.1. The van der Waals surface area contributed by atoms with Gasteiger partial charge in [-0.1, -0.05) is 18.2 Å². The van der Waals surface area contributed by atoms with Crippen LogP contribution in [0.3, 0.4) is 0 Å². The van der Waals surface area contributed by atoms with E-state index in [-0.39, 0.29) is 29.1 Å². The number of hydrogen-bond donors (Lipinski definition) is 2. The van der Waals surface area contributed by atoms with Crippen LogP contribution in [0.4, 0.5) is 10.3 Å². The fourth-order valence-electron chi connectivity index (χ4n) is 3.14. The van der Waals surface area contributed by atoms with Crippen molar-refractivity contribution in [1.82, 2.24) is 20.3 Å². The Bertz CT molecular complexity index is 1300. The molecular weight excluding hydrogens is 441 g/mol. The van der Waals surface area contributed by atoms with Crippen LogP contribution in [-0.2, 0) is 11.3 Å². The summed E-state index contributed by atoms with van der Waals surface area (Å²) in [7, 11) is 1.61. The number of pyridine rings is 1. The van der Waals surface area contributed by atoms with E-state index in [1.165, 1.54) is 12.1 Å². The number of aromatic nitrogens is 3. The van der Waals surface area contributed by atoms with E-state index in [1.54, 1.807) is 55.6 Å². The normalized spacial score (nSPS) is 10.8. The van der Waals surface area contributed by atoms with Crippen molar-refractivity contribution >= 4 is 22.8 Å². The second-order valence-corrected chi connectivity index (χ2v) is 7.13. The summed E-state index contributed by atoms with van der Waals surface area (Å²) in [5.74, 6) is 0.345. The van der Waals surface area contributed by atoms with Crippen LogP contribution in [0.25, 0.3) is 10.9 Å². The molecule has 0 saturated carbocycles. The third-order valence-electron chi connectivity index (χ3n) is 4.72. The molecule has 0 aliphatic rings. The zero-order valence-corrected chi connectivity index (χ0v) is 18.3. The van der Waals surface area contributed by atoms with Crippen molar-refractivity contribution in [2.24, 2.45) is 0 Å². The average molecular weight is 463 g/mol. The Morgan fingerprint density at radius 1 is 0.971 bits per heavy atom.